The zero-order valence-electron chi connectivity index (χ0n) is 26.5. The molecule has 8 aromatic carbocycles. The molecule has 2 aromatic heterocycles. The van der Waals surface area contributed by atoms with Gasteiger partial charge in [-0.25, -0.2) is 0 Å². The molecule has 0 saturated heterocycles. The van der Waals surface area contributed by atoms with Crippen molar-refractivity contribution in [2.45, 2.75) is 0 Å². The van der Waals surface area contributed by atoms with Crippen LogP contribution in [0, 0.1) is 0 Å². The van der Waals surface area contributed by atoms with Gasteiger partial charge in [0.15, 0.2) is 0 Å². The van der Waals surface area contributed by atoms with Crippen LogP contribution in [0.5, 0.6) is 0 Å². The van der Waals surface area contributed by atoms with Crippen LogP contribution in [0.3, 0.4) is 0 Å². The third-order valence-corrected chi connectivity index (χ3v) is 11.9. The van der Waals surface area contributed by atoms with Gasteiger partial charge in [-0.1, -0.05) is 115 Å². The molecular weight excluding hydrogens is 631 g/mol. The summed E-state index contributed by atoms with van der Waals surface area (Å²) in [5.41, 5.74) is 8.33. The van der Waals surface area contributed by atoms with E-state index in [1.165, 1.54) is 73.4 Å². The van der Waals surface area contributed by atoms with Gasteiger partial charge in [-0.05, 0) is 93.7 Å². The summed E-state index contributed by atoms with van der Waals surface area (Å²) in [6.07, 6.45) is 0. The Balaban J connectivity index is 1.13. The van der Waals surface area contributed by atoms with Gasteiger partial charge in [-0.2, -0.15) is 0 Å². The van der Waals surface area contributed by atoms with E-state index in [9.17, 15) is 0 Å². The van der Waals surface area contributed by atoms with E-state index in [-0.39, 0.29) is 0 Å². The molecule has 0 spiro atoms. The van der Waals surface area contributed by atoms with E-state index in [1.807, 2.05) is 22.7 Å². The molecule has 0 amide bonds. The predicted molar refractivity (Wildman–Crippen MR) is 215 cm³/mol. The molecule has 0 fully saturated rings. The first kappa shape index (κ1) is 28.3. The summed E-state index contributed by atoms with van der Waals surface area (Å²) in [5, 5.41) is 7.88. The topological polar surface area (TPSA) is 3.24 Å². The standard InChI is InChI=1S/C46H29NS2/c1-2-9-30(10-3-1)31-17-22-34(23-18-31)47(36-26-28-42-40(29-36)46-37-12-5-4-11-32(37)21-27-44(46)49-42)35-24-19-33(20-25-35)38-14-8-16-43-45(38)39-13-6-7-15-41(39)48-43/h1-29H. The lowest BCUT2D eigenvalue weighted by Gasteiger charge is -2.26. The fourth-order valence-electron chi connectivity index (χ4n) is 7.36. The van der Waals surface area contributed by atoms with Crippen LogP contribution in [0.15, 0.2) is 176 Å². The maximum atomic E-state index is 2.40. The second-order valence-electron chi connectivity index (χ2n) is 12.5. The van der Waals surface area contributed by atoms with Crippen LogP contribution in [0.2, 0.25) is 0 Å². The van der Waals surface area contributed by atoms with E-state index >= 15 is 0 Å². The first-order valence-electron chi connectivity index (χ1n) is 16.6. The van der Waals surface area contributed by atoms with Crippen molar-refractivity contribution in [1.82, 2.24) is 0 Å². The SMILES string of the molecule is c1ccc(-c2ccc(N(c3ccc(-c4cccc5sc6ccccc6c45)cc3)c3ccc4sc5ccc6ccccc6c5c4c3)cc2)cc1. The lowest BCUT2D eigenvalue weighted by atomic mass is 9.99. The Morgan fingerprint density at radius 1 is 0.327 bits per heavy atom. The molecule has 2 heterocycles. The highest BCUT2D eigenvalue weighted by molar-refractivity contribution is 7.26. The van der Waals surface area contributed by atoms with Crippen molar-refractivity contribution in [1.29, 1.82) is 0 Å². The molecule has 0 aliphatic heterocycles. The molecule has 0 saturated carbocycles. The summed E-state index contributed by atoms with van der Waals surface area (Å²) in [6.45, 7) is 0. The number of fused-ring (bicyclic) bond motifs is 8. The summed E-state index contributed by atoms with van der Waals surface area (Å²) < 4.78 is 5.28. The number of hydrogen-bond acceptors (Lipinski definition) is 3. The van der Waals surface area contributed by atoms with E-state index in [0.29, 0.717) is 0 Å². The van der Waals surface area contributed by atoms with Crippen molar-refractivity contribution in [2.24, 2.45) is 0 Å². The molecule has 0 aliphatic rings. The third kappa shape index (κ3) is 4.74. The molecule has 0 radical (unpaired) electrons. The molecular formula is C46H29NS2. The molecule has 0 unspecified atom stereocenters. The van der Waals surface area contributed by atoms with Crippen molar-refractivity contribution in [3.8, 4) is 22.3 Å². The minimum atomic E-state index is 1.13. The Bertz CT molecular complexity index is 2810. The van der Waals surface area contributed by atoms with Gasteiger partial charge in [0.05, 0.1) is 0 Å². The smallest absolute Gasteiger partial charge is 0.0468 e. The average molecular weight is 660 g/mol. The highest BCUT2D eigenvalue weighted by Gasteiger charge is 2.17. The molecule has 0 atom stereocenters. The second-order valence-corrected chi connectivity index (χ2v) is 14.7. The quantitative estimate of drug-likeness (QED) is 0.178. The van der Waals surface area contributed by atoms with Crippen LogP contribution in [0.1, 0.15) is 0 Å². The minimum absolute atomic E-state index is 1.13. The molecule has 0 aliphatic carbocycles. The Kier molecular flexibility index (Phi) is 6.61. The number of rotatable bonds is 5. The molecule has 230 valence electrons. The van der Waals surface area contributed by atoms with Gasteiger partial charge in [-0.15, -0.1) is 22.7 Å². The monoisotopic (exact) mass is 659 g/mol. The maximum Gasteiger partial charge on any atom is 0.0468 e. The number of thiophene rings is 2. The normalized spacial score (nSPS) is 11.7. The Labute approximate surface area is 292 Å². The molecule has 0 bridgehead atoms. The maximum absolute atomic E-state index is 2.40. The summed E-state index contributed by atoms with van der Waals surface area (Å²) >= 11 is 3.74. The van der Waals surface area contributed by atoms with Gasteiger partial charge in [0, 0.05) is 57.4 Å². The number of hydrogen-bond donors (Lipinski definition) is 0. The molecule has 49 heavy (non-hydrogen) atoms. The Morgan fingerprint density at radius 2 is 0.898 bits per heavy atom. The van der Waals surface area contributed by atoms with Gasteiger partial charge in [0.1, 0.15) is 0 Å². The van der Waals surface area contributed by atoms with Crippen LogP contribution in [-0.4, -0.2) is 0 Å². The van der Waals surface area contributed by atoms with E-state index < -0.39 is 0 Å². The summed E-state index contributed by atoms with van der Waals surface area (Å²) in [6, 6.07) is 64.4. The lowest BCUT2D eigenvalue weighted by Crippen LogP contribution is -2.09. The van der Waals surface area contributed by atoms with Crippen LogP contribution in [-0.2, 0) is 0 Å². The van der Waals surface area contributed by atoms with Crippen LogP contribution in [0.25, 0.3) is 73.4 Å². The zero-order chi connectivity index (χ0) is 32.3. The van der Waals surface area contributed by atoms with Crippen molar-refractivity contribution in [3.63, 3.8) is 0 Å². The third-order valence-electron chi connectivity index (χ3n) is 9.67. The minimum Gasteiger partial charge on any atom is -0.310 e. The molecule has 1 nitrogen and oxygen atoms in total. The van der Waals surface area contributed by atoms with Crippen molar-refractivity contribution in [3.05, 3.63) is 176 Å². The van der Waals surface area contributed by atoms with Gasteiger partial charge in [0.25, 0.3) is 0 Å². The zero-order valence-corrected chi connectivity index (χ0v) is 28.1. The van der Waals surface area contributed by atoms with Crippen LogP contribution < -0.4 is 4.90 Å². The Hall–Kier alpha value is -5.74. The fraction of sp³-hybridized carbons (Fsp3) is 0. The van der Waals surface area contributed by atoms with E-state index in [2.05, 4.69) is 181 Å². The molecule has 10 aromatic rings. The number of benzene rings is 8. The largest absolute Gasteiger partial charge is 0.310 e. The van der Waals surface area contributed by atoms with Crippen molar-refractivity contribution >= 4 is 90.9 Å². The average Bonchev–Trinajstić information content (AvgIpc) is 3.74. The van der Waals surface area contributed by atoms with Gasteiger partial charge in [-0.3, -0.25) is 0 Å². The van der Waals surface area contributed by atoms with Crippen LogP contribution in [0.4, 0.5) is 17.1 Å². The molecule has 3 heteroatoms. The summed E-state index contributed by atoms with van der Waals surface area (Å²) in [5.74, 6) is 0. The highest BCUT2D eigenvalue weighted by atomic mass is 32.1. The van der Waals surface area contributed by atoms with E-state index in [1.54, 1.807) is 0 Å². The number of nitrogens with zero attached hydrogens (tertiary/aromatic N) is 1. The van der Waals surface area contributed by atoms with Gasteiger partial charge >= 0.3 is 0 Å². The summed E-state index contributed by atoms with van der Waals surface area (Å²) in [7, 11) is 0. The second kappa shape index (κ2) is 11.5. The van der Waals surface area contributed by atoms with Gasteiger partial charge in [0.2, 0.25) is 0 Å². The predicted octanol–water partition coefficient (Wildman–Crippen LogP) is 14.4. The molecule has 0 N–H and O–H groups in total. The van der Waals surface area contributed by atoms with Crippen LogP contribution >= 0.6 is 22.7 Å². The molecule has 10 rings (SSSR count). The fourth-order valence-corrected chi connectivity index (χ4v) is 9.59. The summed E-state index contributed by atoms with van der Waals surface area (Å²) in [4.78, 5) is 2.40. The lowest BCUT2D eigenvalue weighted by molar-refractivity contribution is 1.29. The van der Waals surface area contributed by atoms with E-state index in [4.69, 9.17) is 0 Å². The first-order valence-corrected chi connectivity index (χ1v) is 18.2. The van der Waals surface area contributed by atoms with E-state index in [0.717, 1.165) is 17.1 Å². The Morgan fingerprint density at radius 3 is 1.69 bits per heavy atom. The van der Waals surface area contributed by atoms with Crippen molar-refractivity contribution < 1.29 is 0 Å². The van der Waals surface area contributed by atoms with Crippen molar-refractivity contribution in [2.75, 3.05) is 4.90 Å². The highest BCUT2D eigenvalue weighted by Crippen LogP contribution is 2.44. The number of anilines is 3. The first-order chi connectivity index (χ1) is 24.3. The van der Waals surface area contributed by atoms with Gasteiger partial charge < -0.3 is 4.90 Å².